The maximum Gasteiger partial charge on any atom is 0.191 e. The molecule has 0 spiro atoms. The van der Waals surface area contributed by atoms with Gasteiger partial charge in [0.2, 0.25) is 0 Å². The summed E-state index contributed by atoms with van der Waals surface area (Å²) in [5, 5.41) is 10.4. The number of halogens is 1. The summed E-state index contributed by atoms with van der Waals surface area (Å²) in [5.41, 5.74) is 2.11. The Morgan fingerprint density at radius 2 is 1.96 bits per heavy atom. The fraction of sp³-hybridized carbons (Fsp3) is 0.222. The standard InChI is InChI=1S/C18H18ClN3OS/c1-3-22-17(15-9-4-5-10-16(15)23-2)20-21-18(22)24-12-13-7-6-8-14(19)11-13/h4-11H,3,12H2,1-2H3. The van der Waals surface area contributed by atoms with E-state index in [2.05, 4.69) is 27.8 Å². The van der Waals surface area contributed by atoms with Gasteiger partial charge in [-0.05, 0) is 36.8 Å². The third kappa shape index (κ3) is 3.57. The number of hydrogen-bond donors (Lipinski definition) is 0. The molecule has 1 heterocycles. The van der Waals surface area contributed by atoms with Gasteiger partial charge in [0.1, 0.15) is 5.75 Å². The predicted octanol–water partition coefficient (Wildman–Crippen LogP) is 4.92. The molecular weight excluding hydrogens is 342 g/mol. The Balaban J connectivity index is 1.87. The zero-order valence-electron chi connectivity index (χ0n) is 13.6. The van der Waals surface area contributed by atoms with Crippen LogP contribution in [-0.4, -0.2) is 21.9 Å². The van der Waals surface area contributed by atoms with Crippen LogP contribution in [0.2, 0.25) is 5.02 Å². The molecule has 3 rings (SSSR count). The van der Waals surface area contributed by atoms with Crippen molar-refractivity contribution in [3.05, 3.63) is 59.1 Å². The molecule has 0 radical (unpaired) electrons. The monoisotopic (exact) mass is 359 g/mol. The highest BCUT2D eigenvalue weighted by Crippen LogP contribution is 2.31. The molecule has 0 fully saturated rings. The van der Waals surface area contributed by atoms with Gasteiger partial charge in [-0.3, -0.25) is 0 Å². The fourth-order valence-corrected chi connectivity index (χ4v) is 3.64. The molecule has 124 valence electrons. The van der Waals surface area contributed by atoms with Crippen molar-refractivity contribution in [2.24, 2.45) is 0 Å². The minimum Gasteiger partial charge on any atom is -0.496 e. The van der Waals surface area contributed by atoms with Crippen molar-refractivity contribution in [2.45, 2.75) is 24.4 Å². The number of thioether (sulfide) groups is 1. The molecule has 0 N–H and O–H groups in total. The van der Waals surface area contributed by atoms with Gasteiger partial charge in [0, 0.05) is 17.3 Å². The molecule has 24 heavy (non-hydrogen) atoms. The van der Waals surface area contributed by atoms with Crippen LogP contribution in [0.5, 0.6) is 5.75 Å². The van der Waals surface area contributed by atoms with Gasteiger partial charge >= 0.3 is 0 Å². The lowest BCUT2D eigenvalue weighted by Gasteiger charge is -2.10. The number of benzene rings is 2. The first-order valence-corrected chi connectivity index (χ1v) is 9.03. The van der Waals surface area contributed by atoms with Crippen molar-refractivity contribution in [1.29, 1.82) is 0 Å². The van der Waals surface area contributed by atoms with Crippen molar-refractivity contribution < 1.29 is 4.74 Å². The Hall–Kier alpha value is -1.98. The van der Waals surface area contributed by atoms with E-state index in [1.807, 2.05) is 42.5 Å². The van der Waals surface area contributed by atoms with Crippen LogP contribution in [0.1, 0.15) is 12.5 Å². The predicted molar refractivity (Wildman–Crippen MR) is 98.7 cm³/mol. The molecule has 6 heteroatoms. The lowest BCUT2D eigenvalue weighted by Crippen LogP contribution is -2.01. The first-order valence-electron chi connectivity index (χ1n) is 7.66. The molecule has 0 aliphatic rings. The Labute approximate surface area is 150 Å². The lowest BCUT2D eigenvalue weighted by molar-refractivity contribution is 0.416. The summed E-state index contributed by atoms with van der Waals surface area (Å²) in [6.07, 6.45) is 0. The summed E-state index contributed by atoms with van der Waals surface area (Å²) in [5.74, 6) is 2.42. The first-order chi connectivity index (χ1) is 11.7. The van der Waals surface area contributed by atoms with E-state index in [9.17, 15) is 0 Å². The van der Waals surface area contributed by atoms with Crippen LogP contribution >= 0.6 is 23.4 Å². The second-order valence-corrected chi connectivity index (χ2v) is 6.55. The molecule has 4 nitrogen and oxygen atoms in total. The largest absolute Gasteiger partial charge is 0.496 e. The summed E-state index contributed by atoms with van der Waals surface area (Å²) in [6, 6.07) is 15.7. The molecular formula is C18H18ClN3OS. The second-order valence-electron chi connectivity index (χ2n) is 5.17. The molecule has 2 aromatic carbocycles. The van der Waals surface area contributed by atoms with Crippen molar-refractivity contribution in [3.8, 4) is 17.1 Å². The number of nitrogens with zero attached hydrogens (tertiary/aromatic N) is 3. The number of rotatable bonds is 6. The van der Waals surface area contributed by atoms with Crippen molar-refractivity contribution in [3.63, 3.8) is 0 Å². The number of ether oxygens (including phenoxy) is 1. The molecule has 0 atom stereocenters. The smallest absolute Gasteiger partial charge is 0.191 e. The highest BCUT2D eigenvalue weighted by Gasteiger charge is 2.16. The average Bonchev–Trinajstić information content (AvgIpc) is 3.02. The fourth-order valence-electron chi connectivity index (χ4n) is 2.48. The van der Waals surface area contributed by atoms with Gasteiger partial charge in [0.25, 0.3) is 0 Å². The van der Waals surface area contributed by atoms with Crippen molar-refractivity contribution >= 4 is 23.4 Å². The highest BCUT2D eigenvalue weighted by atomic mass is 35.5. The van der Waals surface area contributed by atoms with Crippen LogP contribution in [0.4, 0.5) is 0 Å². The summed E-state index contributed by atoms with van der Waals surface area (Å²) < 4.78 is 7.55. The molecule has 0 saturated carbocycles. The number of hydrogen-bond acceptors (Lipinski definition) is 4. The Bertz CT molecular complexity index is 835. The number of para-hydroxylation sites is 1. The van der Waals surface area contributed by atoms with Gasteiger partial charge in [-0.25, -0.2) is 0 Å². The van der Waals surface area contributed by atoms with Gasteiger partial charge in [0.15, 0.2) is 11.0 Å². The summed E-state index contributed by atoms with van der Waals surface area (Å²) in [7, 11) is 1.67. The van der Waals surface area contributed by atoms with Crippen LogP contribution in [-0.2, 0) is 12.3 Å². The Kier molecular flexibility index (Phi) is 5.43. The normalized spacial score (nSPS) is 10.8. The topological polar surface area (TPSA) is 39.9 Å². The second kappa shape index (κ2) is 7.73. The quantitative estimate of drug-likeness (QED) is 0.586. The minimum absolute atomic E-state index is 0.750. The number of aromatic nitrogens is 3. The van der Waals surface area contributed by atoms with E-state index >= 15 is 0 Å². The van der Waals surface area contributed by atoms with E-state index in [1.165, 1.54) is 0 Å². The molecule has 1 aromatic heterocycles. The van der Waals surface area contributed by atoms with Crippen LogP contribution in [0.15, 0.2) is 53.7 Å². The molecule has 0 aliphatic heterocycles. The molecule has 0 saturated heterocycles. The van der Waals surface area contributed by atoms with E-state index in [1.54, 1.807) is 18.9 Å². The summed E-state index contributed by atoms with van der Waals surface area (Å²) >= 11 is 7.70. The lowest BCUT2D eigenvalue weighted by atomic mass is 10.2. The van der Waals surface area contributed by atoms with Crippen molar-refractivity contribution in [2.75, 3.05) is 7.11 Å². The summed E-state index contributed by atoms with van der Waals surface area (Å²) in [6.45, 7) is 2.88. The summed E-state index contributed by atoms with van der Waals surface area (Å²) in [4.78, 5) is 0. The van der Waals surface area contributed by atoms with E-state index in [4.69, 9.17) is 16.3 Å². The van der Waals surface area contributed by atoms with Gasteiger partial charge in [0.05, 0.1) is 12.7 Å². The van der Waals surface area contributed by atoms with Gasteiger partial charge in [-0.2, -0.15) is 0 Å². The van der Waals surface area contributed by atoms with Crippen molar-refractivity contribution in [1.82, 2.24) is 14.8 Å². The molecule has 0 aliphatic carbocycles. The maximum absolute atomic E-state index is 6.05. The molecule has 0 bridgehead atoms. The minimum atomic E-state index is 0.750. The van der Waals surface area contributed by atoms with E-state index in [0.717, 1.165) is 45.2 Å². The molecule has 0 amide bonds. The van der Waals surface area contributed by atoms with E-state index < -0.39 is 0 Å². The third-order valence-corrected chi connectivity index (χ3v) is 4.91. The zero-order chi connectivity index (χ0) is 16.9. The maximum atomic E-state index is 6.05. The van der Waals surface area contributed by atoms with Crippen LogP contribution in [0.3, 0.4) is 0 Å². The van der Waals surface area contributed by atoms with Gasteiger partial charge in [-0.15, -0.1) is 10.2 Å². The molecule has 3 aromatic rings. The zero-order valence-corrected chi connectivity index (χ0v) is 15.1. The molecule has 0 unspecified atom stereocenters. The van der Waals surface area contributed by atoms with E-state index in [-0.39, 0.29) is 0 Å². The first kappa shape index (κ1) is 16.9. The highest BCUT2D eigenvalue weighted by molar-refractivity contribution is 7.98. The average molecular weight is 360 g/mol. The van der Waals surface area contributed by atoms with Gasteiger partial charge in [-0.1, -0.05) is 47.6 Å². The SMILES string of the molecule is CCn1c(SCc2cccc(Cl)c2)nnc1-c1ccccc1OC. The Morgan fingerprint density at radius 1 is 1.12 bits per heavy atom. The van der Waals surface area contributed by atoms with E-state index in [0.29, 0.717) is 0 Å². The van der Waals surface area contributed by atoms with Crippen LogP contribution in [0, 0.1) is 0 Å². The Morgan fingerprint density at radius 3 is 2.71 bits per heavy atom. The van der Waals surface area contributed by atoms with Gasteiger partial charge < -0.3 is 9.30 Å². The third-order valence-electron chi connectivity index (χ3n) is 3.64. The van der Waals surface area contributed by atoms with Crippen LogP contribution < -0.4 is 4.74 Å². The van der Waals surface area contributed by atoms with Crippen LogP contribution in [0.25, 0.3) is 11.4 Å². The number of methoxy groups -OCH3 is 1.